The van der Waals surface area contributed by atoms with Crippen LogP contribution in [0, 0.1) is 5.92 Å². The third-order valence-electron chi connectivity index (χ3n) is 5.73. The Bertz CT molecular complexity index is 1010. The summed E-state index contributed by atoms with van der Waals surface area (Å²) in [6.45, 7) is 4.17. The van der Waals surface area contributed by atoms with Gasteiger partial charge in [0.15, 0.2) is 0 Å². The molecule has 0 bridgehead atoms. The Morgan fingerprint density at radius 1 is 1.00 bits per heavy atom. The Kier molecular flexibility index (Phi) is 9.37. The number of amides is 5. The fourth-order valence-electron chi connectivity index (χ4n) is 3.92. The number of hydrogen-bond acceptors (Lipinski definition) is 5. The molecule has 5 amide bonds. The topological polar surface area (TPSA) is 117 Å². The molecule has 1 aliphatic rings. The summed E-state index contributed by atoms with van der Waals surface area (Å²) in [5, 5.41) is 5.52. The zero-order chi connectivity index (χ0) is 25.2. The smallest absolute Gasteiger partial charge is 0.325 e. The Hall–Kier alpha value is -3.72. The average molecular weight is 481 g/mol. The summed E-state index contributed by atoms with van der Waals surface area (Å²) >= 11 is 0. The number of nitrogens with zero attached hydrogens (tertiary/aromatic N) is 1. The Labute approximate surface area is 205 Å². The highest BCUT2D eigenvalue weighted by atomic mass is 16.6. The van der Waals surface area contributed by atoms with Crippen molar-refractivity contribution >= 4 is 23.8 Å². The molecule has 186 valence electrons. The van der Waals surface area contributed by atoms with Crippen LogP contribution in [0.4, 0.5) is 4.79 Å². The quantitative estimate of drug-likeness (QED) is 0.245. The molecule has 2 atom stereocenters. The van der Waals surface area contributed by atoms with E-state index < -0.39 is 29.9 Å². The molecule has 0 spiro atoms. The third-order valence-corrected chi connectivity index (χ3v) is 5.73. The molecule has 0 aromatic heterocycles. The Morgan fingerprint density at radius 2 is 1.66 bits per heavy atom. The molecule has 1 saturated heterocycles. The predicted molar refractivity (Wildman–Crippen MR) is 130 cm³/mol. The first-order chi connectivity index (χ1) is 16.9. The van der Waals surface area contributed by atoms with Crippen LogP contribution in [0.25, 0.3) is 0 Å². The van der Waals surface area contributed by atoms with Gasteiger partial charge in [0.25, 0.3) is 17.7 Å². The lowest BCUT2D eigenvalue weighted by Gasteiger charge is -2.27. The number of carbonyl (C=O) groups is 4. The number of benzene rings is 2. The Morgan fingerprint density at radius 3 is 2.31 bits per heavy atom. The van der Waals surface area contributed by atoms with E-state index in [0.29, 0.717) is 31.4 Å². The predicted octanol–water partition coefficient (Wildman–Crippen LogP) is 2.78. The van der Waals surface area contributed by atoms with Crippen LogP contribution in [0.5, 0.6) is 0 Å². The van der Waals surface area contributed by atoms with Crippen molar-refractivity contribution in [1.82, 2.24) is 21.0 Å². The minimum atomic E-state index is -0.992. The lowest BCUT2D eigenvalue weighted by molar-refractivity contribution is -0.145. The SMILES string of the molecule is CC(C)[C@H](C(=O)NOCc1ccccc1)N1C(=O)NC(CCCCNC(=O)c2ccccc2)C1=O. The Balaban J connectivity index is 1.46. The normalized spacial score (nSPS) is 16.2. The van der Waals surface area contributed by atoms with Gasteiger partial charge in [0.05, 0.1) is 6.61 Å². The highest BCUT2D eigenvalue weighted by Gasteiger charge is 2.45. The zero-order valence-corrected chi connectivity index (χ0v) is 20.0. The summed E-state index contributed by atoms with van der Waals surface area (Å²) in [6, 6.07) is 16.0. The highest BCUT2D eigenvalue weighted by Crippen LogP contribution is 2.20. The number of unbranched alkanes of at least 4 members (excludes halogenated alkanes) is 1. The van der Waals surface area contributed by atoms with E-state index in [1.165, 1.54) is 0 Å². The number of urea groups is 1. The van der Waals surface area contributed by atoms with Gasteiger partial charge in [0.2, 0.25) is 0 Å². The number of nitrogens with one attached hydrogen (secondary N) is 3. The molecular weight excluding hydrogens is 448 g/mol. The molecule has 35 heavy (non-hydrogen) atoms. The summed E-state index contributed by atoms with van der Waals surface area (Å²) < 4.78 is 0. The van der Waals surface area contributed by atoms with Crippen molar-refractivity contribution in [2.45, 2.75) is 51.8 Å². The van der Waals surface area contributed by atoms with Crippen LogP contribution >= 0.6 is 0 Å². The maximum Gasteiger partial charge on any atom is 0.325 e. The molecule has 3 rings (SSSR count). The van der Waals surface area contributed by atoms with Crippen LogP contribution < -0.4 is 16.1 Å². The monoisotopic (exact) mass is 480 g/mol. The van der Waals surface area contributed by atoms with Crippen LogP contribution in [-0.4, -0.2) is 47.3 Å². The van der Waals surface area contributed by atoms with E-state index in [4.69, 9.17) is 4.84 Å². The van der Waals surface area contributed by atoms with E-state index in [1.807, 2.05) is 36.4 Å². The summed E-state index contributed by atoms with van der Waals surface area (Å²) in [7, 11) is 0. The standard InChI is InChI=1S/C26H32N4O5/c1-18(2)22(24(32)29-35-17-19-11-5-3-6-12-19)30-25(33)21(28-26(30)34)15-9-10-16-27-23(31)20-13-7-4-8-14-20/h3-8,11-14,18,21-22H,9-10,15-17H2,1-2H3,(H,27,31)(H,28,34)(H,29,32)/t21?,22-/m1/s1. The fraction of sp³-hybridized carbons (Fsp3) is 0.385. The molecule has 9 heteroatoms. The van der Waals surface area contributed by atoms with E-state index in [2.05, 4.69) is 16.1 Å². The lowest BCUT2D eigenvalue weighted by Crippen LogP contribution is -2.52. The largest absolute Gasteiger partial charge is 0.352 e. The van der Waals surface area contributed by atoms with Gasteiger partial charge in [-0.15, -0.1) is 0 Å². The second-order valence-corrected chi connectivity index (χ2v) is 8.76. The van der Waals surface area contributed by atoms with Gasteiger partial charge in [0.1, 0.15) is 12.1 Å². The molecular formula is C26H32N4O5. The summed E-state index contributed by atoms with van der Waals surface area (Å²) in [5.74, 6) is -1.44. The van der Waals surface area contributed by atoms with E-state index in [9.17, 15) is 19.2 Å². The minimum absolute atomic E-state index is 0.151. The number of hydrogen-bond donors (Lipinski definition) is 3. The van der Waals surface area contributed by atoms with Crippen molar-refractivity contribution in [3.05, 3.63) is 71.8 Å². The van der Waals surface area contributed by atoms with Crippen LogP contribution in [0.3, 0.4) is 0 Å². The molecule has 1 heterocycles. The maximum atomic E-state index is 13.0. The number of hydroxylamine groups is 1. The lowest BCUT2D eigenvalue weighted by atomic mass is 10.0. The molecule has 0 aliphatic carbocycles. The van der Waals surface area contributed by atoms with Crippen molar-refractivity contribution in [2.75, 3.05) is 6.54 Å². The van der Waals surface area contributed by atoms with Gasteiger partial charge in [0, 0.05) is 12.1 Å². The van der Waals surface area contributed by atoms with Gasteiger partial charge < -0.3 is 10.6 Å². The van der Waals surface area contributed by atoms with E-state index in [0.717, 1.165) is 10.5 Å². The van der Waals surface area contributed by atoms with Crippen LogP contribution in [0.2, 0.25) is 0 Å². The molecule has 1 fully saturated rings. The fourth-order valence-corrected chi connectivity index (χ4v) is 3.92. The maximum absolute atomic E-state index is 13.0. The zero-order valence-electron chi connectivity index (χ0n) is 20.0. The van der Waals surface area contributed by atoms with Gasteiger partial charge in [-0.25, -0.2) is 15.2 Å². The van der Waals surface area contributed by atoms with E-state index >= 15 is 0 Å². The summed E-state index contributed by atoms with van der Waals surface area (Å²) in [6.07, 6.45) is 1.69. The summed E-state index contributed by atoms with van der Waals surface area (Å²) in [4.78, 5) is 56.7. The average Bonchev–Trinajstić information content (AvgIpc) is 3.13. The van der Waals surface area contributed by atoms with E-state index in [-0.39, 0.29) is 18.4 Å². The summed E-state index contributed by atoms with van der Waals surface area (Å²) in [5.41, 5.74) is 3.84. The van der Waals surface area contributed by atoms with Gasteiger partial charge in [-0.2, -0.15) is 0 Å². The van der Waals surface area contributed by atoms with E-state index in [1.54, 1.807) is 38.1 Å². The van der Waals surface area contributed by atoms with Crippen molar-refractivity contribution in [3.63, 3.8) is 0 Å². The van der Waals surface area contributed by atoms with Crippen molar-refractivity contribution in [2.24, 2.45) is 5.92 Å². The highest BCUT2D eigenvalue weighted by molar-refractivity contribution is 6.07. The van der Waals surface area contributed by atoms with Gasteiger partial charge in [-0.1, -0.05) is 62.4 Å². The van der Waals surface area contributed by atoms with Gasteiger partial charge in [-0.05, 0) is 42.9 Å². The minimum Gasteiger partial charge on any atom is -0.352 e. The first-order valence-corrected chi connectivity index (χ1v) is 11.8. The van der Waals surface area contributed by atoms with Crippen LogP contribution in [0.1, 0.15) is 49.0 Å². The van der Waals surface area contributed by atoms with Gasteiger partial charge in [-0.3, -0.25) is 19.2 Å². The molecule has 9 nitrogen and oxygen atoms in total. The first kappa shape index (κ1) is 25.9. The van der Waals surface area contributed by atoms with Gasteiger partial charge >= 0.3 is 6.03 Å². The number of imide groups is 1. The van der Waals surface area contributed by atoms with Crippen LogP contribution in [-0.2, 0) is 21.0 Å². The molecule has 2 aromatic rings. The molecule has 1 aliphatic heterocycles. The van der Waals surface area contributed by atoms with Crippen LogP contribution in [0.15, 0.2) is 60.7 Å². The second kappa shape index (κ2) is 12.7. The third kappa shape index (κ3) is 7.13. The molecule has 0 saturated carbocycles. The first-order valence-electron chi connectivity index (χ1n) is 11.8. The van der Waals surface area contributed by atoms with Crippen molar-refractivity contribution in [1.29, 1.82) is 0 Å². The molecule has 0 radical (unpaired) electrons. The van der Waals surface area contributed by atoms with Crippen molar-refractivity contribution in [3.8, 4) is 0 Å². The molecule has 2 aromatic carbocycles. The molecule has 3 N–H and O–H groups in total. The second-order valence-electron chi connectivity index (χ2n) is 8.76. The number of carbonyl (C=O) groups excluding carboxylic acids is 4. The van der Waals surface area contributed by atoms with Crippen molar-refractivity contribution < 1.29 is 24.0 Å². The molecule has 1 unspecified atom stereocenters. The number of rotatable bonds is 12.